The van der Waals surface area contributed by atoms with E-state index >= 15 is 0 Å². The van der Waals surface area contributed by atoms with E-state index in [2.05, 4.69) is 124 Å². The number of aliphatic hydroxyl groups is 8. The van der Waals surface area contributed by atoms with Crippen LogP contribution in [0.15, 0.2) is 173 Å². The summed E-state index contributed by atoms with van der Waals surface area (Å²) >= 11 is 0. The van der Waals surface area contributed by atoms with Crippen molar-refractivity contribution < 1.29 is 40.9 Å². The van der Waals surface area contributed by atoms with E-state index in [4.69, 9.17) is 30.1 Å². The Bertz CT molecular complexity index is 5560. The lowest BCUT2D eigenvalue weighted by molar-refractivity contribution is 0.0782. The number of hydrogen-bond acceptors (Lipinski definition) is 24. The van der Waals surface area contributed by atoms with Crippen molar-refractivity contribution in [2.75, 3.05) is 39.6 Å². The molecule has 616 valence electrons. The zero-order valence-electron chi connectivity index (χ0n) is 66.8. The maximum absolute atomic E-state index is 9.66. The largest absolute Gasteiger partial charge is 0.394 e. The Labute approximate surface area is 678 Å². The van der Waals surface area contributed by atoms with Crippen molar-refractivity contribution in [1.29, 1.82) is 0 Å². The molecule has 18 rings (SSSR count). The number of aromatic nitrogens is 28. The van der Waals surface area contributed by atoms with E-state index in [0.717, 1.165) is 151 Å². The third-order valence-corrected chi connectivity index (χ3v) is 22.0. The van der Waals surface area contributed by atoms with Crippen LogP contribution in [-0.4, -0.2) is 229 Å². The first-order valence-corrected chi connectivity index (χ1v) is 40.4. The quantitative estimate of drug-likeness (QED) is 0.0195. The zero-order valence-corrected chi connectivity index (χ0v) is 66.8. The molecule has 8 N–H and O–H groups in total. The maximum atomic E-state index is 9.66. The highest BCUT2D eigenvalue weighted by atomic mass is 16.3. The Balaban J connectivity index is 0.000000123. The predicted molar refractivity (Wildman–Crippen MR) is 438 cm³/mol. The molecule has 0 aromatic carbocycles. The van der Waals surface area contributed by atoms with Crippen molar-refractivity contribution in [2.24, 2.45) is 11.8 Å². The minimum Gasteiger partial charge on any atom is -0.394 e. The second kappa shape index (κ2) is 36.6. The normalized spacial score (nSPS) is 14.1. The van der Waals surface area contributed by atoms with E-state index < -0.39 is 24.3 Å². The van der Waals surface area contributed by atoms with Gasteiger partial charge in [0.1, 0.15) is 0 Å². The van der Waals surface area contributed by atoms with E-state index in [1.807, 2.05) is 117 Å². The topological polar surface area (TPSA) is 425 Å². The minimum absolute atomic E-state index is 0.191. The van der Waals surface area contributed by atoms with E-state index in [1.165, 1.54) is 25.7 Å². The first kappa shape index (κ1) is 81.0. The molecule has 36 nitrogen and oxygen atoms in total. The lowest BCUT2D eigenvalue weighted by atomic mass is 10.1. The molecule has 2 aliphatic carbocycles. The highest BCUT2D eigenvalue weighted by molar-refractivity contribution is 5.81. The third kappa shape index (κ3) is 17.6. The second-order valence-corrected chi connectivity index (χ2v) is 30.0. The van der Waals surface area contributed by atoms with Crippen LogP contribution in [0.4, 0.5) is 0 Å². The number of rotatable bonds is 32. The molecule has 0 bridgehead atoms. The minimum atomic E-state index is -0.848. The highest BCUT2D eigenvalue weighted by Gasteiger charge is 2.34. The molecule has 0 saturated heterocycles. The summed E-state index contributed by atoms with van der Waals surface area (Å²) < 4.78 is 21.7. The zero-order chi connectivity index (χ0) is 82.1. The van der Waals surface area contributed by atoms with Crippen LogP contribution in [0.2, 0.25) is 0 Å². The number of aliphatic hydroxyl groups excluding tert-OH is 8. The Morgan fingerprint density at radius 2 is 0.542 bits per heavy atom. The van der Waals surface area contributed by atoms with Crippen LogP contribution in [-0.2, 0) is 13.1 Å². The SMILES string of the molecule is CCC(C1CC1)n1cc(-c2nc(-c3cnn(C[C@@H](O)CO)c3)cn3nccc23)cn1.CCC(C1CC1)n1cc(-c2nc(-c3cnn(C[C@@H](O)CO)c3)cn3nccc23)cn1.CCC(CC)n1cc(-c2nc(-c3cnn(C(CO)CO)c3)cn3nccc23)cn1.CCC(CC)n1cc(-c2nc(-c3cnn(C(CO)CO)c3)cn3nccc23)cn1. The van der Waals surface area contributed by atoms with E-state index in [0.29, 0.717) is 35.6 Å². The van der Waals surface area contributed by atoms with Gasteiger partial charge < -0.3 is 40.9 Å². The summed E-state index contributed by atoms with van der Waals surface area (Å²) in [6.07, 6.45) is 53.7. The van der Waals surface area contributed by atoms with Gasteiger partial charge in [0.05, 0.1) is 268 Å². The van der Waals surface area contributed by atoms with Gasteiger partial charge in [-0.05, 0) is 100 Å². The molecular formula is C82H100N28O8. The third-order valence-electron chi connectivity index (χ3n) is 22.0. The van der Waals surface area contributed by atoms with Gasteiger partial charge in [-0.3, -0.25) is 37.5 Å². The molecule has 4 atom stereocenters. The molecule has 0 spiro atoms. The van der Waals surface area contributed by atoms with Crippen molar-refractivity contribution >= 4 is 22.1 Å². The predicted octanol–water partition coefficient (Wildman–Crippen LogP) is 9.03. The standard InChI is InChI=1S/2C21H25N7O2.2C20H25N7O2/c2*1-2-19(14-3-4-14)27-10-16(8-24-27)21-20-5-6-22-28(20)12-18(25-21)15-7-23-26(9-15)11-17(30)13-29;2*1-3-16(4-2)25-10-15(8-23-25)20-19-5-6-21-27(19)11-18(24-20)14-7-22-26(9-14)17(12-28)13-29/h2*5-10,12,14,17,19,29-30H,2-4,11,13H2,1H3;2*5-11,16-17,28-29H,3-4,12-13H2,1-2H3/t2*17-,19?;;/m11../s1. The molecule has 2 unspecified atom stereocenters. The Hall–Kier alpha value is -12.2. The fourth-order valence-electron chi connectivity index (χ4n) is 15.0. The monoisotopic (exact) mass is 1600 g/mol. The lowest BCUT2D eigenvalue weighted by Gasteiger charge is -2.14. The summed E-state index contributed by atoms with van der Waals surface area (Å²) in [5.41, 5.74) is 16.7. The summed E-state index contributed by atoms with van der Waals surface area (Å²) in [5, 5.41) is 128. The molecule has 118 heavy (non-hydrogen) atoms. The second-order valence-electron chi connectivity index (χ2n) is 30.0. The molecule has 36 heteroatoms. The molecule has 0 aliphatic heterocycles. The van der Waals surface area contributed by atoms with Crippen LogP contribution < -0.4 is 0 Å². The van der Waals surface area contributed by atoms with Crippen molar-refractivity contribution in [3.05, 3.63) is 173 Å². The Morgan fingerprint density at radius 3 is 0.814 bits per heavy atom. The molecule has 0 radical (unpaired) electrons. The molecule has 0 amide bonds. The van der Waals surface area contributed by atoms with Gasteiger partial charge in [-0.15, -0.1) is 0 Å². The van der Waals surface area contributed by atoms with Gasteiger partial charge in [0.15, 0.2) is 0 Å². The van der Waals surface area contributed by atoms with Crippen LogP contribution >= 0.6 is 0 Å². The lowest BCUT2D eigenvalue weighted by Crippen LogP contribution is -2.19. The highest BCUT2D eigenvalue weighted by Crippen LogP contribution is 2.43. The van der Waals surface area contributed by atoms with Gasteiger partial charge in [-0.1, -0.05) is 41.5 Å². The van der Waals surface area contributed by atoms with Crippen LogP contribution in [0.5, 0.6) is 0 Å². The van der Waals surface area contributed by atoms with E-state index in [9.17, 15) is 30.6 Å². The number of fused-ring (bicyclic) bond motifs is 4. The summed E-state index contributed by atoms with van der Waals surface area (Å²) in [6.45, 7) is 12.1. The summed E-state index contributed by atoms with van der Waals surface area (Å²) in [4.78, 5) is 19.6. The summed E-state index contributed by atoms with van der Waals surface area (Å²) in [7, 11) is 0. The van der Waals surface area contributed by atoms with Gasteiger partial charge >= 0.3 is 0 Å². The van der Waals surface area contributed by atoms with Crippen LogP contribution in [0.25, 0.3) is 112 Å². The number of hydrogen-bond donors (Lipinski definition) is 8. The summed E-state index contributed by atoms with van der Waals surface area (Å²) in [5.74, 6) is 1.47. The first-order valence-electron chi connectivity index (χ1n) is 40.4. The average molecular weight is 1610 g/mol. The summed E-state index contributed by atoms with van der Waals surface area (Å²) in [6, 6.07) is 8.41. The fraction of sp³-hybridized carbons (Fsp3) is 0.415. The molecule has 16 aromatic rings. The van der Waals surface area contributed by atoms with Crippen molar-refractivity contribution in [3.8, 4) is 90.1 Å². The first-order chi connectivity index (χ1) is 57.7. The van der Waals surface area contributed by atoms with E-state index in [1.54, 1.807) is 89.7 Å². The van der Waals surface area contributed by atoms with Gasteiger partial charge in [0.2, 0.25) is 0 Å². The van der Waals surface area contributed by atoms with Gasteiger partial charge in [0.25, 0.3) is 0 Å². The van der Waals surface area contributed by atoms with Crippen LogP contribution in [0.3, 0.4) is 0 Å². The van der Waals surface area contributed by atoms with E-state index in [-0.39, 0.29) is 52.7 Å². The molecular weight excluding hydrogens is 1510 g/mol. The Morgan fingerprint density at radius 1 is 0.288 bits per heavy atom. The van der Waals surface area contributed by atoms with Gasteiger partial charge in [-0.2, -0.15) is 61.2 Å². The van der Waals surface area contributed by atoms with Crippen LogP contribution in [0, 0.1) is 11.8 Å². The molecule has 2 saturated carbocycles. The molecule has 16 heterocycles. The maximum Gasteiger partial charge on any atom is 0.0999 e. The average Bonchev–Trinajstić information content (AvgIpc) is 1.61. The fourth-order valence-corrected chi connectivity index (χ4v) is 15.0. The van der Waals surface area contributed by atoms with Crippen LogP contribution in [0.1, 0.15) is 142 Å². The molecule has 2 fully saturated rings. The van der Waals surface area contributed by atoms with Crippen molar-refractivity contribution in [1.82, 2.24) is 137 Å². The Kier molecular flexibility index (Phi) is 25.1. The molecule has 16 aromatic heterocycles. The molecule has 2 aliphatic rings. The van der Waals surface area contributed by atoms with Gasteiger partial charge in [0, 0.05) is 94.1 Å². The van der Waals surface area contributed by atoms with Crippen molar-refractivity contribution in [2.45, 2.75) is 167 Å². The van der Waals surface area contributed by atoms with Crippen molar-refractivity contribution in [3.63, 3.8) is 0 Å². The smallest absolute Gasteiger partial charge is 0.0999 e. The number of nitrogens with zero attached hydrogens (tertiary/aromatic N) is 28. The van der Waals surface area contributed by atoms with Gasteiger partial charge in [-0.25, -0.2) is 38.0 Å².